The molecule has 1 unspecified atom stereocenters. The molecule has 0 bridgehead atoms. The highest BCUT2D eigenvalue weighted by Crippen LogP contribution is 2.31. The first-order chi connectivity index (χ1) is 15.4. The number of hydrogen-bond acceptors (Lipinski definition) is 8. The van der Waals surface area contributed by atoms with Crippen LogP contribution in [0.4, 0.5) is 16.0 Å². The average Bonchev–Trinajstić information content (AvgIpc) is 3.31. The van der Waals surface area contributed by atoms with Crippen LogP contribution < -0.4 is 15.8 Å². The molecular formula is C21H34FN7O3. The zero-order valence-corrected chi connectivity index (χ0v) is 18.9. The van der Waals surface area contributed by atoms with E-state index in [1.54, 1.807) is 0 Å². The molecule has 1 aromatic rings. The van der Waals surface area contributed by atoms with Gasteiger partial charge in [0.05, 0.1) is 12.5 Å². The molecule has 11 heteroatoms. The smallest absolute Gasteiger partial charge is 0.243 e. The van der Waals surface area contributed by atoms with Crippen molar-refractivity contribution in [2.45, 2.75) is 45.4 Å². The van der Waals surface area contributed by atoms with E-state index in [-0.39, 0.29) is 24.6 Å². The van der Waals surface area contributed by atoms with Gasteiger partial charge >= 0.3 is 0 Å². The van der Waals surface area contributed by atoms with Crippen molar-refractivity contribution in [2.24, 2.45) is 11.8 Å². The Morgan fingerprint density at radius 2 is 1.97 bits per heavy atom. The molecule has 1 aliphatic heterocycles. The number of hydrazine groups is 1. The highest BCUT2D eigenvalue weighted by atomic mass is 19.1. The number of anilines is 2. The Balaban J connectivity index is 1.70. The number of nitrogens with one attached hydrogen (secondary N) is 2. The van der Waals surface area contributed by atoms with Crippen LogP contribution in [0.5, 0.6) is 0 Å². The summed E-state index contributed by atoms with van der Waals surface area (Å²) in [7, 11) is 2.02. The predicted octanol–water partition coefficient (Wildman–Crippen LogP) is 1.42. The van der Waals surface area contributed by atoms with Gasteiger partial charge in [0.25, 0.3) is 0 Å². The number of halogens is 1. The van der Waals surface area contributed by atoms with Crippen molar-refractivity contribution in [3.8, 4) is 0 Å². The highest BCUT2D eigenvalue weighted by molar-refractivity contribution is 5.80. The lowest BCUT2D eigenvalue weighted by atomic mass is 9.92. The third kappa shape index (κ3) is 6.26. The van der Waals surface area contributed by atoms with E-state index in [4.69, 9.17) is 0 Å². The SMILES string of the molecule is CCc1nc(NNC(=O)C(CC2CCCC2)CN(O)C=O)c(F)c(N2CCN(C)CC2)n1. The van der Waals surface area contributed by atoms with Crippen LogP contribution in [0, 0.1) is 17.7 Å². The van der Waals surface area contributed by atoms with E-state index in [9.17, 15) is 14.8 Å². The van der Waals surface area contributed by atoms with E-state index in [1.165, 1.54) is 0 Å². The monoisotopic (exact) mass is 451 g/mol. The second-order valence-electron chi connectivity index (χ2n) is 8.69. The number of rotatable bonds is 10. The fraction of sp³-hybridized carbons (Fsp3) is 0.714. The quantitative estimate of drug-likeness (QED) is 0.278. The molecular weight excluding hydrogens is 417 g/mol. The zero-order chi connectivity index (χ0) is 23.1. The minimum atomic E-state index is -0.617. The predicted molar refractivity (Wildman–Crippen MR) is 117 cm³/mol. The molecule has 3 rings (SSSR count). The number of piperazine rings is 1. The molecule has 3 N–H and O–H groups in total. The second kappa shape index (κ2) is 11.4. The Labute approximate surface area is 188 Å². The largest absolute Gasteiger partial charge is 0.351 e. The standard InChI is InChI=1S/C21H34FN7O3/c1-3-17-23-19(18(22)20(24-17)28-10-8-27(2)9-11-28)25-26-21(31)16(13-29(32)14-30)12-15-6-4-5-7-15/h14-16,32H,3-13H2,1-2H3,(H,26,31)(H,23,24,25). The van der Waals surface area contributed by atoms with Crippen molar-refractivity contribution in [3.63, 3.8) is 0 Å². The van der Waals surface area contributed by atoms with Crippen LogP contribution in [0.25, 0.3) is 0 Å². The van der Waals surface area contributed by atoms with Crippen molar-refractivity contribution in [1.29, 1.82) is 0 Å². The van der Waals surface area contributed by atoms with Crippen LogP contribution in [-0.2, 0) is 16.0 Å². The number of aromatic nitrogens is 2. The Hall–Kier alpha value is -2.53. The van der Waals surface area contributed by atoms with Crippen LogP contribution in [0.2, 0.25) is 0 Å². The topological polar surface area (TPSA) is 114 Å². The lowest BCUT2D eigenvalue weighted by molar-refractivity contribution is -0.154. The number of hydroxylamine groups is 2. The molecule has 1 aliphatic carbocycles. The number of amides is 2. The Kier molecular flexibility index (Phi) is 8.57. The zero-order valence-electron chi connectivity index (χ0n) is 18.9. The molecule has 178 valence electrons. The fourth-order valence-electron chi connectivity index (χ4n) is 4.35. The molecule has 1 saturated heterocycles. The van der Waals surface area contributed by atoms with E-state index < -0.39 is 17.6 Å². The summed E-state index contributed by atoms with van der Waals surface area (Å²) in [6.45, 7) is 4.69. The second-order valence-corrected chi connectivity index (χ2v) is 8.69. The summed E-state index contributed by atoms with van der Waals surface area (Å²) in [6, 6.07) is 0. The molecule has 1 atom stereocenters. The van der Waals surface area contributed by atoms with Gasteiger partial charge in [0.2, 0.25) is 18.1 Å². The average molecular weight is 452 g/mol. The molecule has 2 aliphatic rings. The summed E-state index contributed by atoms with van der Waals surface area (Å²) < 4.78 is 15.2. The van der Waals surface area contributed by atoms with Gasteiger partial charge in [0.15, 0.2) is 11.6 Å². The van der Waals surface area contributed by atoms with E-state index >= 15 is 4.39 Å². The third-order valence-corrected chi connectivity index (χ3v) is 6.30. The lowest BCUT2D eigenvalue weighted by Crippen LogP contribution is -2.45. The van der Waals surface area contributed by atoms with Crippen LogP contribution in [-0.4, -0.2) is 77.2 Å². The van der Waals surface area contributed by atoms with Gasteiger partial charge in [-0.25, -0.2) is 15.0 Å². The van der Waals surface area contributed by atoms with E-state index in [0.717, 1.165) is 38.8 Å². The van der Waals surface area contributed by atoms with Gasteiger partial charge in [-0.1, -0.05) is 32.6 Å². The molecule has 1 aromatic heterocycles. The van der Waals surface area contributed by atoms with E-state index in [0.29, 0.717) is 42.7 Å². The summed E-state index contributed by atoms with van der Waals surface area (Å²) >= 11 is 0. The van der Waals surface area contributed by atoms with E-state index in [2.05, 4.69) is 25.7 Å². The van der Waals surface area contributed by atoms with Crippen LogP contribution in [0.15, 0.2) is 0 Å². The maximum Gasteiger partial charge on any atom is 0.243 e. The Morgan fingerprint density at radius 3 is 2.59 bits per heavy atom. The van der Waals surface area contributed by atoms with Gasteiger partial charge < -0.3 is 9.80 Å². The number of aryl methyl sites for hydroxylation is 1. The van der Waals surface area contributed by atoms with Crippen molar-refractivity contribution < 1.29 is 19.2 Å². The number of carbonyl (C=O) groups excluding carboxylic acids is 2. The molecule has 0 spiro atoms. The maximum atomic E-state index is 15.2. The summed E-state index contributed by atoms with van der Waals surface area (Å²) in [5.41, 5.74) is 5.15. The van der Waals surface area contributed by atoms with Gasteiger partial charge in [-0.2, -0.15) is 4.39 Å². The van der Waals surface area contributed by atoms with Gasteiger partial charge in [-0.3, -0.25) is 25.6 Å². The van der Waals surface area contributed by atoms with Crippen molar-refractivity contribution >= 4 is 24.0 Å². The Bertz CT molecular complexity index is 783. The first kappa shape index (κ1) is 24.1. The minimum absolute atomic E-state index is 0.0880. The van der Waals surface area contributed by atoms with Gasteiger partial charge in [0, 0.05) is 32.6 Å². The maximum absolute atomic E-state index is 15.2. The fourth-order valence-corrected chi connectivity index (χ4v) is 4.35. The number of likely N-dealkylation sites (N-methyl/N-ethyl adjacent to an activating group) is 1. The molecule has 2 amide bonds. The highest BCUT2D eigenvalue weighted by Gasteiger charge is 2.28. The van der Waals surface area contributed by atoms with Crippen LogP contribution in [0.3, 0.4) is 0 Å². The Morgan fingerprint density at radius 1 is 1.28 bits per heavy atom. The first-order valence-electron chi connectivity index (χ1n) is 11.4. The first-order valence-corrected chi connectivity index (χ1v) is 11.4. The normalized spacial score (nSPS) is 18.4. The molecule has 2 heterocycles. The molecule has 10 nitrogen and oxygen atoms in total. The van der Waals surface area contributed by atoms with Gasteiger partial charge in [0.1, 0.15) is 5.82 Å². The molecule has 0 radical (unpaired) electrons. The number of nitrogens with zero attached hydrogens (tertiary/aromatic N) is 5. The third-order valence-electron chi connectivity index (χ3n) is 6.30. The minimum Gasteiger partial charge on any atom is -0.351 e. The van der Waals surface area contributed by atoms with Crippen LogP contribution in [0.1, 0.15) is 44.9 Å². The van der Waals surface area contributed by atoms with E-state index in [1.807, 2.05) is 18.9 Å². The van der Waals surface area contributed by atoms with Gasteiger partial charge in [-0.05, 0) is 19.4 Å². The van der Waals surface area contributed by atoms with Crippen molar-refractivity contribution in [2.75, 3.05) is 50.1 Å². The molecule has 0 aromatic carbocycles. The summed E-state index contributed by atoms with van der Waals surface area (Å²) in [5.74, 6) is -0.666. The molecule has 32 heavy (non-hydrogen) atoms. The summed E-state index contributed by atoms with van der Waals surface area (Å²) in [4.78, 5) is 36.3. The number of carbonyl (C=O) groups is 2. The molecule has 2 fully saturated rings. The summed E-state index contributed by atoms with van der Waals surface area (Å²) in [5, 5.41) is 10.1. The number of hydrogen-bond donors (Lipinski definition) is 3. The lowest BCUT2D eigenvalue weighted by Gasteiger charge is -2.33. The molecule has 1 saturated carbocycles. The van der Waals surface area contributed by atoms with Crippen molar-refractivity contribution in [1.82, 2.24) is 25.4 Å². The van der Waals surface area contributed by atoms with Crippen molar-refractivity contribution in [3.05, 3.63) is 11.6 Å². The summed E-state index contributed by atoms with van der Waals surface area (Å²) in [6.07, 6.45) is 5.65. The van der Waals surface area contributed by atoms with Crippen LogP contribution >= 0.6 is 0 Å². The van der Waals surface area contributed by atoms with Gasteiger partial charge in [-0.15, -0.1) is 0 Å².